The maximum Gasteiger partial charge on any atom is 0.0743 e. The average Bonchev–Trinajstić information content (AvgIpc) is 2.38. The molecule has 1 N–H and O–H groups in total. The topological polar surface area (TPSA) is 20.2 Å². The first-order valence-corrected chi connectivity index (χ1v) is 3.59. The van der Waals surface area contributed by atoms with Crippen LogP contribution < -0.4 is 0 Å². The van der Waals surface area contributed by atoms with Gasteiger partial charge in [0.1, 0.15) is 0 Å². The molecule has 0 aliphatic heterocycles. The zero-order chi connectivity index (χ0) is 7.61. The quantitative estimate of drug-likeness (QED) is 0.614. The number of rotatable bonds is 2. The Morgan fingerprint density at radius 3 is 2.40 bits per heavy atom. The second-order valence-electron chi connectivity index (χ2n) is 2.75. The Kier molecular flexibility index (Phi) is 1.95. The summed E-state index contributed by atoms with van der Waals surface area (Å²) in [6.45, 7) is 5.66. The van der Waals surface area contributed by atoms with Crippen LogP contribution >= 0.6 is 0 Å². The lowest BCUT2D eigenvalue weighted by Gasteiger charge is -2.25. The first kappa shape index (κ1) is 7.55. The van der Waals surface area contributed by atoms with Crippen molar-refractivity contribution < 1.29 is 5.11 Å². The molecule has 0 amide bonds. The zero-order valence-corrected chi connectivity index (χ0v) is 6.25. The second kappa shape index (κ2) is 2.59. The van der Waals surface area contributed by atoms with Gasteiger partial charge in [0, 0.05) is 5.92 Å². The molecule has 0 spiro atoms. The van der Waals surface area contributed by atoms with Crippen LogP contribution in [0.3, 0.4) is 0 Å². The van der Waals surface area contributed by atoms with Crippen molar-refractivity contribution in [3.63, 3.8) is 0 Å². The third-order valence-electron chi connectivity index (χ3n) is 1.98. The standard InChI is InChI=1S/C9H13O/c1-3-9(2,10)8-6-4-5-7-8/h4-8,10H,2-3H2,1H3. The lowest BCUT2D eigenvalue weighted by atomic mass is 9.88. The predicted octanol–water partition coefficient (Wildman–Crippen LogP) is 1.70. The fourth-order valence-corrected chi connectivity index (χ4v) is 1.03. The minimum atomic E-state index is -0.802. The Labute approximate surface area is 62.1 Å². The van der Waals surface area contributed by atoms with E-state index in [1.807, 2.05) is 31.2 Å². The van der Waals surface area contributed by atoms with Crippen molar-refractivity contribution in [2.45, 2.75) is 18.9 Å². The van der Waals surface area contributed by atoms with Gasteiger partial charge >= 0.3 is 0 Å². The van der Waals surface area contributed by atoms with E-state index in [0.29, 0.717) is 6.42 Å². The molecule has 0 aromatic rings. The highest BCUT2D eigenvalue weighted by Gasteiger charge is 2.26. The number of allylic oxidation sites excluding steroid dienone is 2. The van der Waals surface area contributed by atoms with Gasteiger partial charge in [-0.05, 0) is 13.3 Å². The summed E-state index contributed by atoms with van der Waals surface area (Å²) in [4.78, 5) is 0. The fourth-order valence-electron chi connectivity index (χ4n) is 1.03. The van der Waals surface area contributed by atoms with Gasteiger partial charge in [0.05, 0.1) is 5.60 Å². The van der Waals surface area contributed by atoms with Gasteiger partial charge in [-0.2, -0.15) is 0 Å². The fraction of sp³-hybridized carbons (Fsp3) is 0.444. The minimum absolute atomic E-state index is 0.109. The van der Waals surface area contributed by atoms with E-state index in [-0.39, 0.29) is 5.92 Å². The first-order chi connectivity index (χ1) is 4.67. The first-order valence-electron chi connectivity index (χ1n) is 3.59. The molecule has 1 radical (unpaired) electrons. The van der Waals surface area contributed by atoms with Crippen molar-refractivity contribution in [1.29, 1.82) is 0 Å². The van der Waals surface area contributed by atoms with Gasteiger partial charge in [-0.15, -0.1) is 0 Å². The van der Waals surface area contributed by atoms with Crippen molar-refractivity contribution in [2.24, 2.45) is 5.92 Å². The molecule has 1 atom stereocenters. The van der Waals surface area contributed by atoms with Gasteiger partial charge in [0.25, 0.3) is 0 Å². The molecular weight excluding hydrogens is 124 g/mol. The van der Waals surface area contributed by atoms with Gasteiger partial charge in [0.15, 0.2) is 0 Å². The van der Waals surface area contributed by atoms with Crippen molar-refractivity contribution in [1.82, 2.24) is 0 Å². The lowest BCUT2D eigenvalue weighted by molar-refractivity contribution is 0.0589. The lowest BCUT2D eigenvalue weighted by Crippen LogP contribution is -2.30. The van der Waals surface area contributed by atoms with Crippen LogP contribution in [0.5, 0.6) is 0 Å². The van der Waals surface area contributed by atoms with Crippen LogP contribution in [0.2, 0.25) is 0 Å². The Bertz CT molecular complexity index is 154. The molecular formula is C9H13O. The van der Waals surface area contributed by atoms with Gasteiger partial charge in [-0.1, -0.05) is 31.2 Å². The average molecular weight is 137 g/mol. The Balaban J connectivity index is 2.64. The molecule has 0 aromatic carbocycles. The van der Waals surface area contributed by atoms with Crippen LogP contribution in [-0.2, 0) is 0 Å². The van der Waals surface area contributed by atoms with Crippen LogP contribution in [0.4, 0.5) is 0 Å². The summed E-state index contributed by atoms with van der Waals surface area (Å²) in [5, 5.41) is 9.61. The summed E-state index contributed by atoms with van der Waals surface area (Å²) in [6, 6.07) is 0. The monoisotopic (exact) mass is 137 g/mol. The molecule has 1 rings (SSSR count). The second-order valence-corrected chi connectivity index (χ2v) is 2.75. The van der Waals surface area contributed by atoms with Gasteiger partial charge < -0.3 is 5.11 Å². The highest BCUT2D eigenvalue weighted by molar-refractivity contribution is 5.22. The van der Waals surface area contributed by atoms with E-state index < -0.39 is 5.60 Å². The van der Waals surface area contributed by atoms with E-state index in [1.165, 1.54) is 0 Å². The zero-order valence-electron chi connectivity index (χ0n) is 6.25. The van der Waals surface area contributed by atoms with Gasteiger partial charge in [0.2, 0.25) is 0 Å². The Hall–Kier alpha value is -0.560. The van der Waals surface area contributed by atoms with Crippen molar-refractivity contribution >= 4 is 0 Å². The van der Waals surface area contributed by atoms with Gasteiger partial charge in [-0.25, -0.2) is 0 Å². The van der Waals surface area contributed by atoms with Crippen LogP contribution in [-0.4, -0.2) is 10.7 Å². The third-order valence-corrected chi connectivity index (χ3v) is 1.98. The maximum absolute atomic E-state index is 9.61. The molecule has 1 unspecified atom stereocenters. The normalized spacial score (nSPS) is 23.5. The molecule has 10 heavy (non-hydrogen) atoms. The molecule has 0 bridgehead atoms. The van der Waals surface area contributed by atoms with E-state index in [4.69, 9.17) is 0 Å². The van der Waals surface area contributed by atoms with Gasteiger partial charge in [-0.3, -0.25) is 0 Å². The summed E-state index contributed by atoms with van der Waals surface area (Å²) in [7, 11) is 0. The molecule has 1 aliphatic rings. The Morgan fingerprint density at radius 1 is 1.50 bits per heavy atom. The molecule has 1 aliphatic carbocycles. The molecule has 1 heteroatoms. The Morgan fingerprint density at radius 2 is 2.00 bits per heavy atom. The van der Waals surface area contributed by atoms with E-state index in [1.54, 1.807) is 0 Å². The van der Waals surface area contributed by atoms with Crippen LogP contribution in [0.25, 0.3) is 0 Å². The highest BCUT2D eigenvalue weighted by Crippen LogP contribution is 2.25. The van der Waals surface area contributed by atoms with Crippen molar-refractivity contribution in [3.8, 4) is 0 Å². The summed E-state index contributed by atoms with van der Waals surface area (Å²) in [5.41, 5.74) is -0.802. The molecule has 1 nitrogen and oxygen atoms in total. The van der Waals surface area contributed by atoms with Crippen LogP contribution in [0.1, 0.15) is 13.3 Å². The molecule has 0 saturated heterocycles. The molecule has 0 heterocycles. The van der Waals surface area contributed by atoms with E-state index in [9.17, 15) is 5.11 Å². The molecule has 0 saturated carbocycles. The highest BCUT2D eigenvalue weighted by atomic mass is 16.3. The smallest absolute Gasteiger partial charge is 0.0743 e. The SMILES string of the molecule is [CH2]C(O)(CC)C1C=CC=C1. The number of hydrogen-bond donors (Lipinski definition) is 1. The summed E-state index contributed by atoms with van der Waals surface area (Å²) in [6.07, 6.45) is 8.51. The largest absolute Gasteiger partial charge is 0.389 e. The molecule has 0 aromatic heterocycles. The summed E-state index contributed by atoms with van der Waals surface area (Å²) >= 11 is 0. The van der Waals surface area contributed by atoms with E-state index >= 15 is 0 Å². The predicted molar refractivity (Wildman–Crippen MR) is 42.4 cm³/mol. The molecule has 55 valence electrons. The van der Waals surface area contributed by atoms with E-state index in [2.05, 4.69) is 6.92 Å². The third kappa shape index (κ3) is 1.29. The van der Waals surface area contributed by atoms with Crippen LogP contribution in [0.15, 0.2) is 24.3 Å². The molecule has 0 fully saturated rings. The van der Waals surface area contributed by atoms with Crippen molar-refractivity contribution in [3.05, 3.63) is 31.2 Å². The summed E-state index contributed by atoms with van der Waals surface area (Å²) < 4.78 is 0. The minimum Gasteiger partial charge on any atom is -0.389 e. The number of hydrogen-bond acceptors (Lipinski definition) is 1. The van der Waals surface area contributed by atoms with E-state index in [0.717, 1.165) is 0 Å². The summed E-state index contributed by atoms with van der Waals surface area (Å²) in [5.74, 6) is 0.109. The number of aliphatic hydroxyl groups is 1. The maximum atomic E-state index is 9.61. The van der Waals surface area contributed by atoms with Crippen molar-refractivity contribution in [2.75, 3.05) is 0 Å². The van der Waals surface area contributed by atoms with Crippen LogP contribution in [0, 0.1) is 12.8 Å².